The molecule has 1 aliphatic rings. The molecule has 1 fully saturated rings. The fourth-order valence-electron chi connectivity index (χ4n) is 1.89. The van der Waals surface area contributed by atoms with Crippen molar-refractivity contribution in [3.05, 3.63) is 0 Å². The molecule has 0 aromatic carbocycles. The molecule has 0 radical (unpaired) electrons. The Bertz CT molecular complexity index is 219. The zero-order chi connectivity index (χ0) is 12.0. The minimum atomic E-state index is -0.184. The van der Waals surface area contributed by atoms with Gasteiger partial charge in [-0.05, 0) is 12.5 Å². The largest absolute Gasteiger partial charge is 0.394 e. The maximum absolute atomic E-state index is 12.0. The molecule has 2 unspecified atom stereocenters. The Morgan fingerprint density at radius 1 is 1.69 bits per heavy atom. The molecule has 5 nitrogen and oxygen atoms in total. The van der Waals surface area contributed by atoms with Gasteiger partial charge < -0.3 is 20.5 Å². The maximum Gasteiger partial charge on any atom is 0.223 e. The molecule has 0 aromatic heterocycles. The van der Waals surface area contributed by atoms with Gasteiger partial charge >= 0.3 is 0 Å². The molecule has 0 spiro atoms. The number of morpholine rings is 1. The molecule has 1 rings (SSSR count). The van der Waals surface area contributed by atoms with Crippen LogP contribution in [0.4, 0.5) is 0 Å². The van der Waals surface area contributed by atoms with Crippen molar-refractivity contribution in [3.8, 4) is 0 Å². The lowest BCUT2D eigenvalue weighted by Crippen LogP contribution is -2.51. The number of rotatable bonds is 5. The summed E-state index contributed by atoms with van der Waals surface area (Å²) in [5.74, 6) is 0.328. The number of nitrogens with zero attached hydrogens (tertiary/aromatic N) is 1. The van der Waals surface area contributed by atoms with Gasteiger partial charge in [-0.15, -0.1) is 0 Å². The van der Waals surface area contributed by atoms with Gasteiger partial charge in [-0.1, -0.05) is 13.3 Å². The lowest BCUT2D eigenvalue weighted by atomic mass is 10.0. The van der Waals surface area contributed by atoms with E-state index < -0.39 is 0 Å². The summed E-state index contributed by atoms with van der Waals surface area (Å²) in [6, 6.07) is -0.184. The second-order valence-corrected chi connectivity index (χ2v) is 4.21. The number of hydrogen-bond acceptors (Lipinski definition) is 4. The van der Waals surface area contributed by atoms with Gasteiger partial charge in [-0.2, -0.15) is 0 Å². The van der Waals surface area contributed by atoms with Crippen LogP contribution >= 0.6 is 0 Å². The smallest absolute Gasteiger partial charge is 0.223 e. The Kier molecular flexibility index (Phi) is 5.73. The molecule has 3 N–H and O–H groups in total. The Hall–Kier alpha value is -0.650. The topological polar surface area (TPSA) is 75.8 Å². The van der Waals surface area contributed by atoms with Crippen molar-refractivity contribution >= 4 is 5.91 Å². The summed E-state index contributed by atoms with van der Waals surface area (Å²) in [4.78, 5) is 13.7. The van der Waals surface area contributed by atoms with E-state index in [1.807, 2.05) is 6.92 Å². The summed E-state index contributed by atoms with van der Waals surface area (Å²) in [5.41, 5.74) is 5.58. The van der Waals surface area contributed by atoms with Crippen molar-refractivity contribution in [1.29, 1.82) is 0 Å². The lowest BCUT2D eigenvalue weighted by molar-refractivity contribution is -0.142. The zero-order valence-electron chi connectivity index (χ0n) is 9.89. The third-order valence-corrected chi connectivity index (χ3v) is 3.13. The number of amides is 1. The number of carbonyl (C=O) groups excluding carboxylic acids is 1. The third-order valence-electron chi connectivity index (χ3n) is 3.13. The van der Waals surface area contributed by atoms with Crippen molar-refractivity contribution in [1.82, 2.24) is 4.90 Å². The summed E-state index contributed by atoms with van der Waals surface area (Å²) in [6.07, 6.45) is 1.39. The molecule has 1 heterocycles. The second-order valence-electron chi connectivity index (χ2n) is 4.21. The first kappa shape index (κ1) is 13.4. The summed E-state index contributed by atoms with van der Waals surface area (Å²) in [5, 5.41) is 9.16. The van der Waals surface area contributed by atoms with Crippen molar-refractivity contribution in [2.45, 2.75) is 25.8 Å². The van der Waals surface area contributed by atoms with Gasteiger partial charge in [0.05, 0.1) is 25.9 Å². The summed E-state index contributed by atoms with van der Waals surface area (Å²) < 4.78 is 5.23. The number of aliphatic hydroxyl groups is 1. The average Bonchev–Trinajstić information content (AvgIpc) is 2.35. The van der Waals surface area contributed by atoms with Crippen LogP contribution in [0.25, 0.3) is 0 Å². The Labute approximate surface area is 96.6 Å². The number of ether oxygens (including phenoxy) is 1. The van der Waals surface area contributed by atoms with E-state index in [9.17, 15) is 4.79 Å². The molecule has 5 heteroatoms. The molecular weight excluding hydrogens is 208 g/mol. The van der Waals surface area contributed by atoms with E-state index in [4.69, 9.17) is 15.6 Å². The predicted octanol–water partition coefficient (Wildman–Crippen LogP) is -0.419. The standard InChI is InChI=1S/C11H22N2O3/c1-2-9(6-12)5-11(15)13-3-4-16-8-10(13)7-14/h9-10,14H,2-8,12H2,1H3. The third kappa shape index (κ3) is 3.43. The van der Waals surface area contributed by atoms with Gasteiger partial charge in [0.15, 0.2) is 0 Å². The highest BCUT2D eigenvalue weighted by atomic mass is 16.5. The second kappa shape index (κ2) is 6.83. The Morgan fingerprint density at radius 2 is 2.44 bits per heavy atom. The van der Waals surface area contributed by atoms with Crippen LogP contribution in [0.5, 0.6) is 0 Å². The van der Waals surface area contributed by atoms with E-state index in [1.54, 1.807) is 4.90 Å². The van der Waals surface area contributed by atoms with Crippen molar-refractivity contribution in [2.75, 3.05) is 32.9 Å². The number of hydrogen-bond donors (Lipinski definition) is 2. The molecule has 1 saturated heterocycles. The molecule has 1 amide bonds. The molecule has 1 aliphatic heterocycles. The van der Waals surface area contributed by atoms with Crippen molar-refractivity contribution in [2.24, 2.45) is 11.7 Å². The van der Waals surface area contributed by atoms with E-state index in [-0.39, 0.29) is 24.5 Å². The summed E-state index contributed by atoms with van der Waals surface area (Å²) in [7, 11) is 0. The zero-order valence-corrected chi connectivity index (χ0v) is 9.89. The highest BCUT2D eigenvalue weighted by Gasteiger charge is 2.27. The van der Waals surface area contributed by atoms with Crippen LogP contribution < -0.4 is 5.73 Å². The monoisotopic (exact) mass is 230 g/mol. The minimum Gasteiger partial charge on any atom is -0.394 e. The lowest BCUT2D eigenvalue weighted by Gasteiger charge is -2.35. The molecule has 0 aliphatic carbocycles. The summed E-state index contributed by atoms with van der Waals surface area (Å²) >= 11 is 0. The molecular formula is C11H22N2O3. The highest BCUT2D eigenvalue weighted by molar-refractivity contribution is 5.77. The Balaban J connectivity index is 2.50. The molecule has 0 saturated carbocycles. The van der Waals surface area contributed by atoms with E-state index >= 15 is 0 Å². The van der Waals surface area contributed by atoms with Crippen LogP contribution in [0.15, 0.2) is 0 Å². The maximum atomic E-state index is 12.0. The first-order valence-corrected chi connectivity index (χ1v) is 5.91. The predicted molar refractivity (Wildman–Crippen MR) is 60.9 cm³/mol. The average molecular weight is 230 g/mol. The van der Waals surface area contributed by atoms with Crippen LogP contribution in [0.2, 0.25) is 0 Å². The van der Waals surface area contributed by atoms with E-state index in [0.717, 1.165) is 6.42 Å². The van der Waals surface area contributed by atoms with E-state index in [1.165, 1.54) is 0 Å². The first-order valence-electron chi connectivity index (χ1n) is 5.91. The van der Waals surface area contributed by atoms with Gasteiger partial charge in [0.1, 0.15) is 0 Å². The molecule has 16 heavy (non-hydrogen) atoms. The van der Waals surface area contributed by atoms with Crippen molar-refractivity contribution < 1.29 is 14.6 Å². The van der Waals surface area contributed by atoms with Gasteiger partial charge in [0, 0.05) is 13.0 Å². The summed E-state index contributed by atoms with van der Waals surface area (Å²) in [6.45, 7) is 4.10. The highest BCUT2D eigenvalue weighted by Crippen LogP contribution is 2.13. The van der Waals surface area contributed by atoms with Crippen LogP contribution in [0, 0.1) is 5.92 Å². The van der Waals surface area contributed by atoms with Gasteiger partial charge in [0.25, 0.3) is 0 Å². The number of aliphatic hydroxyl groups excluding tert-OH is 1. The molecule has 0 aromatic rings. The van der Waals surface area contributed by atoms with Gasteiger partial charge in [-0.3, -0.25) is 4.79 Å². The molecule has 0 bridgehead atoms. The van der Waals surface area contributed by atoms with Gasteiger partial charge in [0.2, 0.25) is 5.91 Å². The quantitative estimate of drug-likeness (QED) is 0.672. The fourth-order valence-corrected chi connectivity index (χ4v) is 1.89. The number of nitrogens with two attached hydrogens (primary N) is 1. The Morgan fingerprint density at radius 3 is 3.00 bits per heavy atom. The van der Waals surface area contributed by atoms with Crippen LogP contribution in [-0.4, -0.2) is 54.9 Å². The molecule has 2 atom stereocenters. The SMILES string of the molecule is CCC(CN)CC(=O)N1CCOCC1CO. The van der Waals surface area contributed by atoms with Crippen LogP contribution in [-0.2, 0) is 9.53 Å². The van der Waals surface area contributed by atoms with E-state index in [0.29, 0.717) is 32.7 Å². The van der Waals surface area contributed by atoms with Crippen LogP contribution in [0.3, 0.4) is 0 Å². The first-order chi connectivity index (χ1) is 7.72. The fraction of sp³-hybridized carbons (Fsp3) is 0.909. The van der Waals surface area contributed by atoms with Gasteiger partial charge in [-0.25, -0.2) is 0 Å². The van der Waals surface area contributed by atoms with Crippen molar-refractivity contribution in [3.63, 3.8) is 0 Å². The molecule has 94 valence electrons. The minimum absolute atomic E-state index is 0.0366. The van der Waals surface area contributed by atoms with E-state index in [2.05, 4.69) is 0 Å². The number of carbonyl (C=O) groups is 1. The normalized spacial score (nSPS) is 23.2. The van der Waals surface area contributed by atoms with Crippen LogP contribution in [0.1, 0.15) is 19.8 Å².